The van der Waals surface area contributed by atoms with E-state index < -0.39 is 15.3 Å². The minimum Gasteiger partial charge on any atom is -0.279 e. The molecule has 1 rings (SSSR count). The van der Waals surface area contributed by atoms with Gasteiger partial charge in [-0.25, -0.2) is 8.42 Å². The fourth-order valence-corrected chi connectivity index (χ4v) is 2.65. The first-order chi connectivity index (χ1) is 7.86. The molecule has 0 radical (unpaired) electrons. The van der Waals surface area contributed by atoms with Crippen molar-refractivity contribution < 1.29 is 13.2 Å². The maximum Gasteiger partial charge on any atom is 0.242 e. The van der Waals surface area contributed by atoms with Crippen molar-refractivity contribution in [1.29, 1.82) is 0 Å². The SMILES string of the molecule is CCS(=O)(=O)N(CC(=O)Cl)c1cccc(C)c1. The molecule has 0 N–H and O–H groups in total. The monoisotopic (exact) mass is 275 g/mol. The molecular weight excluding hydrogens is 262 g/mol. The van der Waals surface area contributed by atoms with Crippen molar-refractivity contribution in [2.45, 2.75) is 13.8 Å². The summed E-state index contributed by atoms with van der Waals surface area (Å²) in [6.45, 7) is 3.03. The van der Waals surface area contributed by atoms with E-state index in [9.17, 15) is 13.2 Å². The third-order valence-corrected chi connectivity index (χ3v) is 4.12. The highest BCUT2D eigenvalue weighted by Crippen LogP contribution is 2.19. The third-order valence-electron chi connectivity index (χ3n) is 2.26. The van der Waals surface area contributed by atoms with E-state index in [1.807, 2.05) is 13.0 Å². The lowest BCUT2D eigenvalue weighted by atomic mass is 10.2. The molecule has 4 nitrogen and oxygen atoms in total. The number of halogens is 1. The standard InChI is InChI=1S/C11H14ClNO3S/c1-3-17(15,16)13(8-11(12)14)10-6-4-5-9(2)7-10/h4-7H,3,8H2,1-2H3. The van der Waals surface area contributed by atoms with Crippen LogP contribution >= 0.6 is 11.6 Å². The van der Waals surface area contributed by atoms with Crippen LogP contribution in [0.15, 0.2) is 24.3 Å². The Hall–Kier alpha value is -1.07. The molecule has 94 valence electrons. The van der Waals surface area contributed by atoms with Crippen molar-refractivity contribution in [3.05, 3.63) is 29.8 Å². The summed E-state index contributed by atoms with van der Waals surface area (Å²) in [5.41, 5.74) is 1.38. The molecule has 0 saturated heterocycles. The van der Waals surface area contributed by atoms with Gasteiger partial charge in [-0.15, -0.1) is 0 Å². The number of sulfonamides is 1. The lowest BCUT2D eigenvalue weighted by Gasteiger charge is -2.22. The largest absolute Gasteiger partial charge is 0.279 e. The zero-order valence-electron chi connectivity index (χ0n) is 9.68. The number of anilines is 1. The number of aryl methyl sites for hydroxylation is 1. The smallest absolute Gasteiger partial charge is 0.242 e. The van der Waals surface area contributed by atoms with Crippen molar-refractivity contribution >= 4 is 32.6 Å². The molecule has 0 aliphatic carbocycles. The lowest BCUT2D eigenvalue weighted by molar-refractivity contribution is -0.110. The Morgan fingerprint density at radius 2 is 2.06 bits per heavy atom. The molecule has 1 aromatic rings. The summed E-state index contributed by atoms with van der Waals surface area (Å²) >= 11 is 5.28. The van der Waals surface area contributed by atoms with Crippen molar-refractivity contribution in [3.8, 4) is 0 Å². The van der Waals surface area contributed by atoms with E-state index in [4.69, 9.17) is 11.6 Å². The van der Waals surface area contributed by atoms with Gasteiger partial charge in [-0.1, -0.05) is 12.1 Å². The van der Waals surface area contributed by atoms with Crippen LogP contribution in [0.5, 0.6) is 0 Å². The van der Waals surface area contributed by atoms with Gasteiger partial charge in [0.15, 0.2) is 0 Å². The molecule has 0 heterocycles. The van der Waals surface area contributed by atoms with Crippen LogP contribution in [0.2, 0.25) is 0 Å². The Morgan fingerprint density at radius 1 is 1.41 bits per heavy atom. The van der Waals surface area contributed by atoms with Crippen LogP contribution in [0.4, 0.5) is 5.69 Å². The van der Waals surface area contributed by atoms with Crippen LogP contribution < -0.4 is 4.31 Å². The van der Waals surface area contributed by atoms with Gasteiger partial charge in [0.1, 0.15) is 6.54 Å². The van der Waals surface area contributed by atoms with Crippen molar-refractivity contribution in [2.75, 3.05) is 16.6 Å². The first kappa shape index (κ1) is 14.0. The second kappa shape index (κ2) is 5.51. The normalized spacial score (nSPS) is 11.2. The van der Waals surface area contributed by atoms with Gasteiger partial charge in [0.25, 0.3) is 0 Å². The highest BCUT2D eigenvalue weighted by molar-refractivity contribution is 7.92. The molecule has 0 aliphatic heterocycles. The van der Waals surface area contributed by atoms with Crippen LogP contribution in [0.25, 0.3) is 0 Å². The molecule has 0 saturated carbocycles. The lowest BCUT2D eigenvalue weighted by Crippen LogP contribution is -2.35. The molecule has 0 unspecified atom stereocenters. The zero-order chi connectivity index (χ0) is 13.1. The molecule has 0 bridgehead atoms. The van der Waals surface area contributed by atoms with Crippen LogP contribution in [-0.4, -0.2) is 26.0 Å². The summed E-state index contributed by atoms with van der Waals surface area (Å²) in [7, 11) is -3.50. The summed E-state index contributed by atoms with van der Waals surface area (Å²) < 4.78 is 24.8. The fraction of sp³-hybridized carbons (Fsp3) is 0.364. The summed E-state index contributed by atoms with van der Waals surface area (Å²) in [6, 6.07) is 6.93. The summed E-state index contributed by atoms with van der Waals surface area (Å²) in [5, 5.41) is -0.705. The number of benzene rings is 1. The molecule has 17 heavy (non-hydrogen) atoms. The van der Waals surface area contributed by atoms with Gasteiger partial charge >= 0.3 is 0 Å². The summed E-state index contributed by atoms with van der Waals surface area (Å²) in [5.74, 6) is -0.0783. The molecule has 0 atom stereocenters. The van der Waals surface area contributed by atoms with Gasteiger partial charge < -0.3 is 0 Å². The summed E-state index contributed by atoms with van der Waals surface area (Å²) in [6.07, 6.45) is 0. The first-order valence-corrected chi connectivity index (χ1v) is 7.11. The quantitative estimate of drug-likeness (QED) is 0.772. The van der Waals surface area contributed by atoms with E-state index in [0.717, 1.165) is 9.87 Å². The molecular formula is C11H14ClNO3S. The number of hydrogen-bond donors (Lipinski definition) is 0. The van der Waals surface area contributed by atoms with Crippen molar-refractivity contribution in [1.82, 2.24) is 0 Å². The minimum atomic E-state index is -3.50. The second-order valence-corrected chi connectivity index (χ2v) is 6.20. The second-order valence-electron chi connectivity index (χ2n) is 3.60. The Kier molecular flexibility index (Phi) is 4.54. The maximum absolute atomic E-state index is 11.9. The Labute approximate surface area is 106 Å². The van der Waals surface area contributed by atoms with E-state index in [1.54, 1.807) is 18.2 Å². The maximum atomic E-state index is 11.9. The number of nitrogens with zero attached hydrogens (tertiary/aromatic N) is 1. The Balaban J connectivity index is 3.20. The Morgan fingerprint density at radius 3 is 2.53 bits per heavy atom. The van der Waals surface area contributed by atoms with E-state index in [-0.39, 0.29) is 12.3 Å². The number of carbonyl (C=O) groups is 1. The number of carbonyl (C=O) groups excluding carboxylic acids is 1. The van der Waals surface area contributed by atoms with Gasteiger partial charge in [-0.05, 0) is 43.1 Å². The van der Waals surface area contributed by atoms with E-state index in [1.165, 1.54) is 6.92 Å². The highest BCUT2D eigenvalue weighted by atomic mass is 35.5. The van der Waals surface area contributed by atoms with E-state index >= 15 is 0 Å². The highest BCUT2D eigenvalue weighted by Gasteiger charge is 2.22. The van der Waals surface area contributed by atoms with Crippen LogP contribution in [0, 0.1) is 6.92 Å². The number of hydrogen-bond acceptors (Lipinski definition) is 3. The van der Waals surface area contributed by atoms with E-state index in [0.29, 0.717) is 5.69 Å². The summed E-state index contributed by atoms with van der Waals surface area (Å²) in [4.78, 5) is 10.9. The zero-order valence-corrected chi connectivity index (χ0v) is 11.3. The fourth-order valence-electron chi connectivity index (χ4n) is 1.40. The number of rotatable bonds is 5. The molecule has 0 spiro atoms. The van der Waals surface area contributed by atoms with Gasteiger partial charge in [0.05, 0.1) is 11.4 Å². The predicted molar refractivity (Wildman–Crippen MR) is 68.8 cm³/mol. The third kappa shape index (κ3) is 3.71. The van der Waals surface area contributed by atoms with E-state index in [2.05, 4.69) is 0 Å². The molecule has 1 aromatic carbocycles. The van der Waals surface area contributed by atoms with Gasteiger partial charge in [-0.2, -0.15) is 0 Å². The minimum absolute atomic E-state index is 0.0783. The van der Waals surface area contributed by atoms with Gasteiger partial charge in [0.2, 0.25) is 15.3 Å². The van der Waals surface area contributed by atoms with Crippen molar-refractivity contribution in [3.63, 3.8) is 0 Å². The van der Waals surface area contributed by atoms with Crippen molar-refractivity contribution in [2.24, 2.45) is 0 Å². The molecule has 0 fully saturated rings. The average molecular weight is 276 g/mol. The molecule has 0 amide bonds. The first-order valence-electron chi connectivity index (χ1n) is 5.12. The molecule has 0 aromatic heterocycles. The van der Waals surface area contributed by atoms with Crippen LogP contribution in [0.3, 0.4) is 0 Å². The van der Waals surface area contributed by atoms with Crippen LogP contribution in [0.1, 0.15) is 12.5 Å². The van der Waals surface area contributed by atoms with Crippen LogP contribution in [-0.2, 0) is 14.8 Å². The average Bonchev–Trinajstić information content (AvgIpc) is 2.25. The predicted octanol–water partition coefficient (Wildman–Crippen LogP) is 1.92. The molecule has 6 heteroatoms. The van der Waals surface area contributed by atoms with Gasteiger partial charge in [-0.3, -0.25) is 9.10 Å². The van der Waals surface area contributed by atoms with Gasteiger partial charge in [0, 0.05) is 0 Å². The topological polar surface area (TPSA) is 54.5 Å². The molecule has 0 aliphatic rings. The Bertz CT molecular complexity index is 513.